The zero-order valence-corrected chi connectivity index (χ0v) is 14.6. The molecule has 1 aromatic carbocycles. The van der Waals surface area contributed by atoms with Gasteiger partial charge in [-0.25, -0.2) is 4.39 Å². The van der Waals surface area contributed by atoms with Gasteiger partial charge in [0.1, 0.15) is 5.82 Å². The number of hydrogen-bond acceptors (Lipinski definition) is 6. The molecular weight excluding hydrogens is 321 g/mol. The molecule has 25 heavy (non-hydrogen) atoms. The Kier molecular flexibility index (Phi) is 4.67. The van der Waals surface area contributed by atoms with Crippen LogP contribution in [0.1, 0.15) is 12.8 Å². The molecule has 0 spiro atoms. The van der Waals surface area contributed by atoms with E-state index in [1.54, 1.807) is 18.2 Å². The van der Waals surface area contributed by atoms with Gasteiger partial charge in [0.05, 0.1) is 5.56 Å². The third-order valence-electron chi connectivity index (χ3n) is 5.32. The molecule has 134 valence electrons. The molecule has 0 N–H and O–H groups in total. The first-order chi connectivity index (χ1) is 12.2. The molecule has 0 saturated carbocycles. The number of aromatic nitrogens is 2. The quantitative estimate of drug-likeness (QED) is 0.849. The van der Waals surface area contributed by atoms with Gasteiger partial charge in [-0.2, -0.15) is 4.98 Å². The fraction of sp³-hybridized carbons (Fsp3) is 0.556. The van der Waals surface area contributed by atoms with Crippen LogP contribution in [0.5, 0.6) is 0 Å². The van der Waals surface area contributed by atoms with E-state index in [0.717, 1.165) is 52.1 Å². The summed E-state index contributed by atoms with van der Waals surface area (Å²) in [4.78, 5) is 11.5. The highest BCUT2D eigenvalue weighted by molar-refractivity contribution is 5.55. The fourth-order valence-electron chi connectivity index (χ4n) is 3.71. The largest absolute Gasteiger partial charge is 0.338 e. The van der Waals surface area contributed by atoms with Crippen molar-refractivity contribution < 1.29 is 8.91 Å². The number of benzene rings is 1. The lowest BCUT2D eigenvalue weighted by molar-refractivity contribution is 0.0980. The maximum absolute atomic E-state index is 13.9. The normalized spacial score (nSPS) is 21.0. The SMILES string of the molecule is CN1CCN(C2CCN(c3noc(-c4ccccc4F)n3)CC2)CC1. The number of piperazine rings is 1. The summed E-state index contributed by atoms with van der Waals surface area (Å²) in [5.41, 5.74) is 0.355. The van der Waals surface area contributed by atoms with Crippen molar-refractivity contribution in [3.05, 3.63) is 30.1 Å². The van der Waals surface area contributed by atoms with Gasteiger partial charge in [-0.05, 0) is 37.2 Å². The monoisotopic (exact) mass is 345 g/mol. The third kappa shape index (κ3) is 3.52. The van der Waals surface area contributed by atoms with Crippen molar-refractivity contribution in [3.63, 3.8) is 0 Å². The lowest BCUT2D eigenvalue weighted by Gasteiger charge is -2.41. The summed E-state index contributed by atoms with van der Waals surface area (Å²) in [6.45, 7) is 6.43. The zero-order chi connectivity index (χ0) is 17.2. The van der Waals surface area contributed by atoms with E-state index in [0.29, 0.717) is 17.6 Å². The number of piperidine rings is 1. The Morgan fingerprint density at radius 3 is 2.48 bits per heavy atom. The van der Waals surface area contributed by atoms with Crippen LogP contribution >= 0.6 is 0 Å². The Morgan fingerprint density at radius 2 is 1.76 bits per heavy atom. The Balaban J connectivity index is 1.38. The van der Waals surface area contributed by atoms with E-state index < -0.39 is 0 Å². The molecule has 0 amide bonds. The van der Waals surface area contributed by atoms with Crippen molar-refractivity contribution in [3.8, 4) is 11.5 Å². The second-order valence-electron chi connectivity index (χ2n) is 6.94. The van der Waals surface area contributed by atoms with E-state index in [2.05, 4.69) is 31.9 Å². The van der Waals surface area contributed by atoms with Crippen LogP contribution in [0.25, 0.3) is 11.5 Å². The van der Waals surface area contributed by atoms with E-state index in [4.69, 9.17) is 4.52 Å². The number of likely N-dealkylation sites (N-methyl/N-ethyl adjacent to an activating group) is 1. The Bertz CT molecular complexity index is 705. The number of nitrogens with zero attached hydrogens (tertiary/aromatic N) is 5. The first-order valence-corrected chi connectivity index (χ1v) is 8.97. The highest BCUT2D eigenvalue weighted by atomic mass is 19.1. The molecule has 0 bridgehead atoms. The summed E-state index contributed by atoms with van der Waals surface area (Å²) in [6.07, 6.45) is 2.21. The summed E-state index contributed by atoms with van der Waals surface area (Å²) in [6, 6.07) is 7.12. The number of anilines is 1. The third-order valence-corrected chi connectivity index (χ3v) is 5.32. The van der Waals surface area contributed by atoms with Crippen molar-refractivity contribution in [2.45, 2.75) is 18.9 Å². The van der Waals surface area contributed by atoms with Crippen LogP contribution in [0.15, 0.2) is 28.8 Å². The molecule has 6 nitrogen and oxygen atoms in total. The molecule has 2 saturated heterocycles. The van der Waals surface area contributed by atoms with Crippen molar-refractivity contribution >= 4 is 5.95 Å². The van der Waals surface area contributed by atoms with E-state index in [1.165, 1.54) is 6.07 Å². The molecule has 4 rings (SSSR count). The summed E-state index contributed by atoms with van der Waals surface area (Å²) in [5.74, 6) is 0.468. The van der Waals surface area contributed by atoms with Crippen LogP contribution in [0.2, 0.25) is 0 Å². The lowest BCUT2D eigenvalue weighted by Crippen LogP contribution is -2.52. The molecule has 3 heterocycles. The van der Waals surface area contributed by atoms with E-state index >= 15 is 0 Å². The summed E-state index contributed by atoms with van der Waals surface area (Å²) in [7, 11) is 2.18. The molecule has 0 radical (unpaired) electrons. The van der Waals surface area contributed by atoms with Gasteiger partial charge in [0.2, 0.25) is 0 Å². The molecule has 0 aliphatic carbocycles. The molecule has 0 unspecified atom stereocenters. The summed E-state index contributed by atoms with van der Waals surface area (Å²) < 4.78 is 19.1. The van der Waals surface area contributed by atoms with Crippen molar-refractivity contribution in [2.24, 2.45) is 0 Å². The van der Waals surface area contributed by atoms with E-state index in [9.17, 15) is 4.39 Å². The van der Waals surface area contributed by atoms with Gasteiger partial charge < -0.3 is 14.3 Å². The topological polar surface area (TPSA) is 48.6 Å². The maximum Gasteiger partial charge on any atom is 0.266 e. The van der Waals surface area contributed by atoms with Gasteiger partial charge in [-0.15, -0.1) is 0 Å². The highest BCUT2D eigenvalue weighted by Gasteiger charge is 2.28. The predicted molar refractivity (Wildman–Crippen MR) is 94.0 cm³/mol. The van der Waals surface area contributed by atoms with Gasteiger partial charge in [-0.3, -0.25) is 4.90 Å². The van der Waals surface area contributed by atoms with Gasteiger partial charge in [0.25, 0.3) is 11.8 Å². The van der Waals surface area contributed by atoms with Crippen LogP contribution in [-0.4, -0.2) is 72.3 Å². The average molecular weight is 345 g/mol. The van der Waals surface area contributed by atoms with Gasteiger partial charge >= 0.3 is 0 Å². The van der Waals surface area contributed by atoms with Crippen molar-refractivity contribution in [1.29, 1.82) is 0 Å². The Labute approximate surface area is 147 Å². The maximum atomic E-state index is 13.9. The molecule has 7 heteroatoms. The fourth-order valence-corrected chi connectivity index (χ4v) is 3.71. The molecular formula is C18H24FN5O. The molecule has 2 aliphatic heterocycles. The zero-order valence-electron chi connectivity index (χ0n) is 14.6. The molecule has 2 aliphatic rings. The predicted octanol–water partition coefficient (Wildman–Crippen LogP) is 2.09. The molecule has 2 fully saturated rings. The number of halogens is 1. The molecule has 2 aromatic rings. The van der Waals surface area contributed by atoms with Crippen LogP contribution in [-0.2, 0) is 0 Å². The van der Waals surface area contributed by atoms with Gasteiger partial charge in [0.15, 0.2) is 0 Å². The minimum Gasteiger partial charge on any atom is -0.338 e. The van der Waals surface area contributed by atoms with Crippen molar-refractivity contribution in [1.82, 2.24) is 19.9 Å². The van der Waals surface area contributed by atoms with E-state index in [1.807, 2.05) is 0 Å². The minimum atomic E-state index is -0.341. The smallest absolute Gasteiger partial charge is 0.266 e. The molecule has 1 aromatic heterocycles. The number of hydrogen-bond donors (Lipinski definition) is 0. The highest BCUT2D eigenvalue weighted by Crippen LogP contribution is 2.25. The lowest BCUT2D eigenvalue weighted by atomic mass is 10.0. The van der Waals surface area contributed by atoms with Crippen LogP contribution in [0.3, 0.4) is 0 Å². The first kappa shape index (κ1) is 16.5. The van der Waals surface area contributed by atoms with E-state index in [-0.39, 0.29) is 11.7 Å². The standard InChI is InChI=1S/C18H24FN5O/c1-22-10-12-23(13-11-22)14-6-8-24(9-7-14)18-20-17(25-21-18)15-4-2-3-5-16(15)19/h2-5,14H,6-13H2,1H3. The Hall–Kier alpha value is -1.99. The van der Waals surface area contributed by atoms with Crippen LogP contribution < -0.4 is 4.90 Å². The van der Waals surface area contributed by atoms with Gasteiger partial charge in [0, 0.05) is 45.3 Å². The van der Waals surface area contributed by atoms with Crippen LogP contribution in [0, 0.1) is 5.82 Å². The molecule has 0 atom stereocenters. The number of rotatable bonds is 3. The summed E-state index contributed by atoms with van der Waals surface area (Å²) in [5, 5.41) is 4.06. The minimum absolute atomic E-state index is 0.245. The first-order valence-electron chi connectivity index (χ1n) is 8.97. The van der Waals surface area contributed by atoms with Gasteiger partial charge in [-0.1, -0.05) is 12.1 Å². The second kappa shape index (κ2) is 7.09. The van der Waals surface area contributed by atoms with Crippen molar-refractivity contribution in [2.75, 3.05) is 51.2 Å². The van der Waals surface area contributed by atoms with Crippen LogP contribution in [0.4, 0.5) is 10.3 Å². The average Bonchev–Trinajstić information content (AvgIpc) is 3.13. The Morgan fingerprint density at radius 1 is 1.04 bits per heavy atom. The summed E-state index contributed by atoms with van der Waals surface area (Å²) >= 11 is 0. The second-order valence-corrected chi connectivity index (χ2v) is 6.94.